The monoisotopic (exact) mass is 190 g/mol. The largest absolute Gasteiger partial charge is 0.478 e. The van der Waals surface area contributed by atoms with E-state index >= 15 is 0 Å². The number of carbonyl (C=O) groups is 2. The maximum Gasteiger partial charge on any atom is 0.335 e. The second-order valence-electron chi connectivity index (χ2n) is 1.87. The first-order valence-corrected chi connectivity index (χ1v) is 3.27. The fourth-order valence-corrected chi connectivity index (χ4v) is 0.466. The Morgan fingerprint density at radius 2 is 1.77 bits per heavy atom. The molecule has 0 saturated carbocycles. The molecule has 0 heterocycles. The Balaban J connectivity index is 3.92. The molecule has 0 rings (SSSR count). The molecule has 6 heteroatoms. The fraction of sp³-hybridized carbons (Fsp3) is 0.429. The van der Waals surface area contributed by atoms with Crippen LogP contribution >= 0.6 is 0 Å². The van der Waals surface area contributed by atoms with E-state index < -0.39 is 18.4 Å². The predicted molar refractivity (Wildman–Crippen MR) is 40.7 cm³/mol. The lowest BCUT2D eigenvalue weighted by atomic mass is 10.5. The average Bonchev–Trinajstić information content (AvgIpc) is 2.10. The summed E-state index contributed by atoms with van der Waals surface area (Å²) in [5.41, 5.74) is 0. The van der Waals surface area contributed by atoms with Crippen LogP contribution in [0.4, 0.5) is 0 Å². The Morgan fingerprint density at radius 3 is 2.15 bits per heavy atom. The minimum atomic E-state index is -1.23. The Morgan fingerprint density at radius 1 is 1.23 bits per heavy atom. The second-order valence-corrected chi connectivity index (χ2v) is 1.87. The van der Waals surface area contributed by atoms with Crippen LogP contribution in [0.1, 0.15) is 0 Å². The highest BCUT2D eigenvalue weighted by atomic mass is 16.8. The van der Waals surface area contributed by atoms with Gasteiger partial charge in [0.2, 0.25) is 0 Å². The summed E-state index contributed by atoms with van der Waals surface area (Å²) < 4.78 is 13.5. The third-order valence-electron chi connectivity index (χ3n) is 0.959. The van der Waals surface area contributed by atoms with Crippen molar-refractivity contribution in [3.05, 3.63) is 12.2 Å². The molecular weight excluding hydrogens is 180 g/mol. The summed E-state index contributed by atoms with van der Waals surface area (Å²) in [6.07, 6.45) is 1.41. The van der Waals surface area contributed by atoms with Gasteiger partial charge in [0.05, 0.1) is 0 Å². The lowest BCUT2D eigenvalue weighted by molar-refractivity contribution is -0.252. The van der Waals surface area contributed by atoms with Crippen molar-refractivity contribution in [2.75, 3.05) is 14.2 Å². The molecule has 0 bridgehead atoms. The van der Waals surface area contributed by atoms with Gasteiger partial charge < -0.3 is 19.3 Å². The summed E-state index contributed by atoms with van der Waals surface area (Å²) in [6.45, 7) is -1.12. The smallest absolute Gasteiger partial charge is 0.335 e. The van der Waals surface area contributed by atoms with Gasteiger partial charge in [-0.15, -0.1) is 0 Å². The number of hydrogen-bond acceptors (Lipinski definition) is 5. The molecule has 0 aromatic rings. The molecule has 74 valence electrons. The average molecular weight is 190 g/mol. The molecule has 0 aliphatic heterocycles. The number of rotatable bonds is 5. The van der Waals surface area contributed by atoms with Crippen LogP contribution in [0, 0.1) is 0 Å². The summed E-state index contributed by atoms with van der Waals surface area (Å²) in [4.78, 5) is 20.7. The number of methoxy groups -OCH3 is 2. The van der Waals surface area contributed by atoms with Crippen molar-refractivity contribution >= 4 is 11.9 Å². The topological polar surface area (TPSA) is 82.1 Å². The van der Waals surface area contributed by atoms with Gasteiger partial charge in [0, 0.05) is 26.4 Å². The Bertz CT molecular complexity index is 205. The highest BCUT2D eigenvalue weighted by Crippen LogP contribution is 1.94. The molecular formula is C7H10O6. The van der Waals surface area contributed by atoms with Gasteiger partial charge in [-0.1, -0.05) is 0 Å². The van der Waals surface area contributed by atoms with Gasteiger partial charge in [-0.05, 0) is 0 Å². The van der Waals surface area contributed by atoms with E-state index in [4.69, 9.17) is 5.11 Å². The molecule has 0 saturated heterocycles. The van der Waals surface area contributed by atoms with Crippen LogP contribution in [0.25, 0.3) is 0 Å². The molecule has 0 aromatic carbocycles. The zero-order chi connectivity index (χ0) is 10.3. The molecule has 0 atom stereocenters. The van der Waals surface area contributed by atoms with Gasteiger partial charge in [0.25, 0.3) is 0 Å². The normalized spacial score (nSPS) is 10.7. The quantitative estimate of drug-likeness (QED) is 0.365. The minimum absolute atomic E-state index is 0.657. The lowest BCUT2D eigenvalue weighted by Gasteiger charge is -2.11. The Labute approximate surface area is 74.7 Å². The highest BCUT2D eigenvalue weighted by molar-refractivity contribution is 5.90. The van der Waals surface area contributed by atoms with Crippen LogP contribution in [0.15, 0.2) is 12.2 Å². The molecule has 6 nitrogen and oxygen atoms in total. The number of esters is 1. The van der Waals surface area contributed by atoms with Crippen molar-refractivity contribution in [3.63, 3.8) is 0 Å². The van der Waals surface area contributed by atoms with Crippen LogP contribution in [0.2, 0.25) is 0 Å². The molecule has 13 heavy (non-hydrogen) atoms. The molecule has 0 spiro atoms. The van der Waals surface area contributed by atoms with Crippen molar-refractivity contribution in [1.82, 2.24) is 0 Å². The van der Waals surface area contributed by atoms with Crippen molar-refractivity contribution in [2.24, 2.45) is 0 Å². The van der Waals surface area contributed by atoms with Crippen LogP contribution < -0.4 is 0 Å². The van der Waals surface area contributed by atoms with Gasteiger partial charge in [-0.2, -0.15) is 0 Å². The van der Waals surface area contributed by atoms with Crippen LogP contribution in [0.3, 0.4) is 0 Å². The molecule has 0 amide bonds. The molecule has 1 N–H and O–H groups in total. The number of hydrogen-bond donors (Lipinski definition) is 1. The zero-order valence-corrected chi connectivity index (χ0v) is 7.22. The summed E-state index contributed by atoms with van der Waals surface area (Å²) in [6, 6.07) is 0. The van der Waals surface area contributed by atoms with Gasteiger partial charge in [-0.25, -0.2) is 9.59 Å². The Kier molecular flexibility index (Phi) is 5.49. The van der Waals surface area contributed by atoms with Crippen LogP contribution in [-0.4, -0.2) is 37.7 Å². The van der Waals surface area contributed by atoms with E-state index in [0.717, 1.165) is 6.08 Å². The molecule has 0 unspecified atom stereocenters. The van der Waals surface area contributed by atoms with Gasteiger partial charge in [-0.3, -0.25) is 0 Å². The first-order valence-electron chi connectivity index (χ1n) is 3.27. The number of carboxylic acid groups (broad SMARTS) is 1. The van der Waals surface area contributed by atoms with Crippen LogP contribution in [-0.2, 0) is 23.8 Å². The van der Waals surface area contributed by atoms with Crippen molar-refractivity contribution in [2.45, 2.75) is 6.48 Å². The van der Waals surface area contributed by atoms with E-state index in [1.165, 1.54) is 14.2 Å². The van der Waals surface area contributed by atoms with E-state index in [1.807, 2.05) is 0 Å². The van der Waals surface area contributed by atoms with E-state index in [2.05, 4.69) is 14.2 Å². The minimum Gasteiger partial charge on any atom is -0.478 e. The van der Waals surface area contributed by atoms with Crippen molar-refractivity contribution in [3.8, 4) is 0 Å². The van der Waals surface area contributed by atoms with E-state index in [-0.39, 0.29) is 0 Å². The van der Waals surface area contributed by atoms with Crippen LogP contribution in [0.5, 0.6) is 0 Å². The fourth-order valence-electron chi connectivity index (χ4n) is 0.466. The Hall–Kier alpha value is -1.40. The maximum atomic E-state index is 10.7. The van der Waals surface area contributed by atoms with Gasteiger partial charge in [0.15, 0.2) is 0 Å². The lowest BCUT2D eigenvalue weighted by Crippen LogP contribution is -2.20. The molecule has 0 fully saturated rings. The van der Waals surface area contributed by atoms with Gasteiger partial charge in [0.1, 0.15) is 0 Å². The maximum absolute atomic E-state index is 10.7. The summed E-state index contributed by atoms with van der Waals surface area (Å²) >= 11 is 0. The molecule has 0 radical (unpaired) electrons. The molecule has 0 aromatic heterocycles. The summed E-state index contributed by atoms with van der Waals surface area (Å²) in [5.74, 6) is -2.08. The predicted octanol–water partition coefficient (Wildman–Crippen LogP) is -0.253. The summed E-state index contributed by atoms with van der Waals surface area (Å²) in [7, 11) is 2.56. The van der Waals surface area contributed by atoms with E-state index in [9.17, 15) is 9.59 Å². The standard InChI is InChI=1S/C7H10O6/c1-11-7(12-2)13-6(10)4-3-5(8)9/h3-4,7H,1-2H3,(H,8,9)/b4-3-. The number of carboxylic acids is 1. The van der Waals surface area contributed by atoms with Crippen molar-refractivity contribution < 1.29 is 28.9 Å². The number of carbonyl (C=O) groups excluding carboxylic acids is 1. The third kappa shape index (κ3) is 5.83. The second kappa shape index (κ2) is 6.15. The first kappa shape index (κ1) is 11.6. The zero-order valence-electron chi connectivity index (χ0n) is 7.22. The number of ether oxygens (including phenoxy) is 3. The summed E-state index contributed by atoms with van der Waals surface area (Å²) in [5, 5.41) is 8.15. The highest BCUT2D eigenvalue weighted by Gasteiger charge is 2.09. The molecule has 0 aliphatic rings. The van der Waals surface area contributed by atoms with E-state index in [0.29, 0.717) is 6.08 Å². The van der Waals surface area contributed by atoms with Crippen molar-refractivity contribution in [1.29, 1.82) is 0 Å². The molecule has 0 aliphatic carbocycles. The third-order valence-corrected chi connectivity index (χ3v) is 0.959. The van der Waals surface area contributed by atoms with Gasteiger partial charge >= 0.3 is 18.4 Å². The van der Waals surface area contributed by atoms with E-state index in [1.54, 1.807) is 0 Å². The first-order chi connectivity index (χ1) is 6.10. The number of aliphatic carboxylic acids is 1. The SMILES string of the molecule is COC(OC)OC(=O)/C=C\C(=O)O.